The molecule has 0 spiro atoms. The summed E-state index contributed by atoms with van der Waals surface area (Å²) in [5, 5.41) is 0. The summed E-state index contributed by atoms with van der Waals surface area (Å²) in [4.78, 5) is 13.8. The molecule has 0 unspecified atom stereocenters. The molecule has 4 heteroatoms. The summed E-state index contributed by atoms with van der Waals surface area (Å²) < 4.78 is 0. The molecule has 1 aliphatic rings. The molecule has 0 saturated carbocycles. The fourth-order valence-electron chi connectivity index (χ4n) is 2.64. The quantitative estimate of drug-likeness (QED) is 0.779. The van der Waals surface area contributed by atoms with Gasteiger partial charge in [-0.25, -0.2) is 0 Å². The molecule has 1 aromatic rings. The topological polar surface area (TPSA) is 72.4 Å². The average molecular weight is 247 g/mol. The average Bonchev–Trinajstić information content (AvgIpc) is 2.57. The number of rotatable bonds is 2. The normalized spacial score (nSPS) is 24.1. The van der Waals surface area contributed by atoms with Gasteiger partial charge in [0.2, 0.25) is 5.91 Å². The van der Waals surface area contributed by atoms with Crippen molar-refractivity contribution in [3.8, 4) is 0 Å². The SMILES string of the molecule is Cc1ccc([C@@H]2[C@@H](N)CC(=O)N2C(C)C)cc1N. The predicted octanol–water partition coefficient (Wildman–Crippen LogP) is 1.59. The molecule has 1 fully saturated rings. The minimum atomic E-state index is -0.151. The van der Waals surface area contributed by atoms with E-state index in [1.54, 1.807) is 0 Å². The van der Waals surface area contributed by atoms with E-state index < -0.39 is 0 Å². The Hall–Kier alpha value is -1.55. The van der Waals surface area contributed by atoms with Crippen molar-refractivity contribution in [2.45, 2.75) is 45.3 Å². The minimum absolute atomic E-state index is 0.0552. The molecule has 2 atom stereocenters. The van der Waals surface area contributed by atoms with Crippen LogP contribution in [0.4, 0.5) is 5.69 Å². The van der Waals surface area contributed by atoms with Crippen LogP contribution in [0.5, 0.6) is 0 Å². The van der Waals surface area contributed by atoms with E-state index in [9.17, 15) is 4.79 Å². The minimum Gasteiger partial charge on any atom is -0.399 e. The lowest BCUT2D eigenvalue weighted by atomic mass is 9.98. The Kier molecular flexibility index (Phi) is 3.30. The van der Waals surface area contributed by atoms with Crippen molar-refractivity contribution in [3.63, 3.8) is 0 Å². The van der Waals surface area contributed by atoms with Crippen LogP contribution >= 0.6 is 0 Å². The van der Waals surface area contributed by atoms with Crippen molar-refractivity contribution < 1.29 is 4.79 Å². The second-order valence-corrected chi connectivity index (χ2v) is 5.32. The molecule has 4 N–H and O–H groups in total. The van der Waals surface area contributed by atoms with Gasteiger partial charge in [0.05, 0.1) is 6.04 Å². The Bertz CT molecular complexity index is 470. The molecule has 98 valence electrons. The van der Waals surface area contributed by atoms with Crippen LogP contribution in [0.25, 0.3) is 0 Å². The number of hydrogen-bond donors (Lipinski definition) is 2. The molecule has 0 bridgehead atoms. The molecule has 0 aliphatic carbocycles. The van der Waals surface area contributed by atoms with E-state index in [2.05, 4.69) is 0 Å². The van der Waals surface area contributed by atoms with E-state index in [1.165, 1.54) is 0 Å². The zero-order valence-corrected chi connectivity index (χ0v) is 11.2. The first-order valence-electron chi connectivity index (χ1n) is 6.34. The van der Waals surface area contributed by atoms with Gasteiger partial charge >= 0.3 is 0 Å². The van der Waals surface area contributed by atoms with Crippen LogP contribution < -0.4 is 11.5 Å². The summed E-state index contributed by atoms with van der Waals surface area (Å²) >= 11 is 0. The zero-order valence-electron chi connectivity index (χ0n) is 11.2. The number of carbonyl (C=O) groups is 1. The monoisotopic (exact) mass is 247 g/mol. The van der Waals surface area contributed by atoms with Crippen LogP contribution in [0, 0.1) is 6.92 Å². The van der Waals surface area contributed by atoms with Crippen LogP contribution in [0.2, 0.25) is 0 Å². The number of likely N-dealkylation sites (tertiary alicyclic amines) is 1. The smallest absolute Gasteiger partial charge is 0.225 e. The lowest BCUT2D eigenvalue weighted by Crippen LogP contribution is -2.37. The zero-order chi connectivity index (χ0) is 13.4. The fourth-order valence-corrected chi connectivity index (χ4v) is 2.64. The Balaban J connectivity index is 2.40. The summed E-state index contributed by atoms with van der Waals surface area (Å²) in [7, 11) is 0. The Morgan fingerprint density at radius 2 is 2.06 bits per heavy atom. The number of carbonyl (C=O) groups excluding carboxylic acids is 1. The molecule has 4 nitrogen and oxygen atoms in total. The van der Waals surface area contributed by atoms with E-state index in [0.717, 1.165) is 16.8 Å². The number of aryl methyl sites for hydroxylation is 1. The number of nitrogen functional groups attached to an aromatic ring is 1. The Labute approximate surface area is 108 Å². The predicted molar refractivity (Wildman–Crippen MR) is 72.9 cm³/mol. The third-order valence-corrected chi connectivity index (χ3v) is 3.60. The van der Waals surface area contributed by atoms with Gasteiger partial charge in [0.15, 0.2) is 0 Å². The van der Waals surface area contributed by atoms with Gasteiger partial charge in [-0.05, 0) is 38.0 Å². The van der Waals surface area contributed by atoms with Gasteiger partial charge in [-0.1, -0.05) is 12.1 Å². The van der Waals surface area contributed by atoms with Crippen molar-refractivity contribution in [2.75, 3.05) is 5.73 Å². The molecule has 1 amide bonds. The highest BCUT2D eigenvalue weighted by Crippen LogP contribution is 2.34. The van der Waals surface area contributed by atoms with Crippen LogP contribution in [-0.4, -0.2) is 22.9 Å². The Morgan fingerprint density at radius 3 is 2.61 bits per heavy atom. The second-order valence-electron chi connectivity index (χ2n) is 5.32. The molecule has 1 aromatic carbocycles. The number of anilines is 1. The van der Waals surface area contributed by atoms with Crippen molar-refractivity contribution in [3.05, 3.63) is 29.3 Å². The fraction of sp³-hybridized carbons (Fsp3) is 0.500. The summed E-state index contributed by atoms with van der Waals surface area (Å²) in [5.41, 5.74) is 14.9. The maximum atomic E-state index is 12.0. The van der Waals surface area contributed by atoms with Gasteiger partial charge in [-0.15, -0.1) is 0 Å². The van der Waals surface area contributed by atoms with E-state index in [4.69, 9.17) is 11.5 Å². The van der Waals surface area contributed by atoms with Crippen LogP contribution in [0.15, 0.2) is 18.2 Å². The molecular weight excluding hydrogens is 226 g/mol. The van der Waals surface area contributed by atoms with Crippen LogP contribution in [0.1, 0.15) is 37.4 Å². The summed E-state index contributed by atoms with van der Waals surface area (Å²) in [6.45, 7) is 6.00. The molecule has 0 radical (unpaired) electrons. The maximum absolute atomic E-state index is 12.0. The van der Waals surface area contributed by atoms with Crippen molar-refractivity contribution in [2.24, 2.45) is 5.73 Å². The Morgan fingerprint density at radius 1 is 1.39 bits per heavy atom. The van der Waals surface area contributed by atoms with Gasteiger partial charge < -0.3 is 16.4 Å². The highest BCUT2D eigenvalue weighted by atomic mass is 16.2. The molecule has 1 heterocycles. The first-order valence-corrected chi connectivity index (χ1v) is 6.34. The number of nitrogens with zero attached hydrogens (tertiary/aromatic N) is 1. The second kappa shape index (κ2) is 4.61. The van der Waals surface area contributed by atoms with Gasteiger partial charge in [-0.3, -0.25) is 4.79 Å². The van der Waals surface area contributed by atoms with Crippen LogP contribution in [0.3, 0.4) is 0 Å². The van der Waals surface area contributed by atoms with Gasteiger partial charge in [0.25, 0.3) is 0 Å². The lowest BCUT2D eigenvalue weighted by Gasteiger charge is -2.31. The third kappa shape index (κ3) is 2.08. The van der Waals surface area contributed by atoms with E-state index in [0.29, 0.717) is 6.42 Å². The van der Waals surface area contributed by atoms with Gasteiger partial charge in [0.1, 0.15) is 0 Å². The van der Waals surface area contributed by atoms with Crippen molar-refractivity contribution in [1.29, 1.82) is 0 Å². The number of hydrogen-bond acceptors (Lipinski definition) is 3. The lowest BCUT2D eigenvalue weighted by molar-refractivity contribution is -0.130. The number of amides is 1. The van der Waals surface area contributed by atoms with E-state index in [-0.39, 0.29) is 24.0 Å². The molecule has 2 rings (SSSR count). The third-order valence-electron chi connectivity index (χ3n) is 3.60. The summed E-state index contributed by atoms with van der Waals surface area (Å²) in [5.74, 6) is 0.127. The van der Waals surface area contributed by atoms with Crippen molar-refractivity contribution >= 4 is 11.6 Å². The number of nitrogens with two attached hydrogens (primary N) is 2. The highest BCUT2D eigenvalue weighted by Gasteiger charge is 2.39. The largest absolute Gasteiger partial charge is 0.399 e. The van der Waals surface area contributed by atoms with E-state index >= 15 is 0 Å². The standard InChI is InChI=1S/C14H21N3O/c1-8(2)17-13(18)7-12(16)14(17)10-5-4-9(3)11(15)6-10/h4-6,8,12,14H,7,15-16H2,1-3H3/t12-,14+/m0/s1. The molecule has 1 saturated heterocycles. The molecule has 1 aliphatic heterocycles. The first-order chi connectivity index (χ1) is 8.41. The van der Waals surface area contributed by atoms with Gasteiger partial charge in [-0.2, -0.15) is 0 Å². The number of benzene rings is 1. The van der Waals surface area contributed by atoms with Gasteiger partial charge in [0, 0.05) is 24.2 Å². The summed E-state index contributed by atoms with van der Waals surface area (Å²) in [6, 6.07) is 5.89. The van der Waals surface area contributed by atoms with E-state index in [1.807, 2.05) is 43.9 Å². The summed E-state index contributed by atoms with van der Waals surface area (Å²) in [6.07, 6.45) is 0.413. The van der Waals surface area contributed by atoms with Crippen molar-refractivity contribution in [1.82, 2.24) is 4.90 Å². The molecule has 0 aromatic heterocycles. The first kappa shape index (κ1) is 12.9. The maximum Gasteiger partial charge on any atom is 0.225 e. The van der Waals surface area contributed by atoms with Crippen LogP contribution in [-0.2, 0) is 4.79 Å². The molecule has 18 heavy (non-hydrogen) atoms. The highest BCUT2D eigenvalue weighted by molar-refractivity contribution is 5.80. The molecular formula is C14H21N3O.